The second-order valence-electron chi connectivity index (χ2n) is 18.4. The number of benzene rings is 4. The van der Waals surface area contributed by atoms with Crippen molar-refractivity contribution in [3.63, 3.8) is 0 Å². The first-order valence-corrected chi connectivity index (χ1v) is 17.8. The fourth-order valence-corrected chi connectivity index (χ4v) is 7.31. The van der Waals surface area contributed by atoms with Gasteiger partial charge < -0.3 is 9.32 Å². The van der Waals surface area contributed by atoms with Gasteiger partial charge in [0.25, 0.3) is 6.71 Å². The summed E-state index contributed by atoms with van der Waals surface area (Å²) in [5, 5.41) is 0. The maximum Gasteiger partial charge on any atom is 0.279 e. The number of nitrogens with zero attached hydrogens (tertiary/aromatic N) is 3. The van der Waals surface area contributed by atoms with Crippen LogP contribution in [-0.2, 0) is 21.7 Å². The maximum absolute atomic E-state index is 6.90. The number of anilines is 6. The number of hydrogen-bond donors (Lipinski definition) is 0. The standard InChI is InChI=1S/C44H52BN3O/c1-27-24-35-37-36(25-27)48(32-21-16-29(17-22-32)42(5,6)7)39-38(46-40(49-39)44(11,12)13)45(37)33-26-30(43(8,9)10)18-23-34(33)47(35)31-19-14-28(15-20-31)41(2,3)4/h14-26H,1-13H3. The summed E-state index contributed by atoms with van der Waals surface area (Å²) < 4.78 is 6.90. The fourth-order valence-electron chi connectivity index (χ4n) is 7.31. The zero-order valence-corrected chi connectivity index (χ0v) is 31.8. The minimum Gasteiger partial charge on any atom is -0.424 e. The Bertz CT molecular complexity index is 2060. The van der Waals surface area contributed by atoms with E-state index in [1.165, 1.54) is 44.6 Å². The lowest BCUT2D eigenvalue weighted by atomic mass is 9.35. The van der Waals surface area contributed by atoms with Crippen LogP contribution in [0, 0.1) is 6.92 Å². The van der Waals surface area contributed by atoms with Gasteiger partial charge in [-0.05, 0) is 98.8 Å². The average molecular weight is 650 g/mol. The van der Waals surface area contributed by atoms with E-state index in [0.717, 1.165) is 34.4 Å². The Morgan fingerprint density at radius 3 is 1.49 bits per heavy atom. The van der Waals surface area contributed by atoms with Crippen LogP contribution in [0.5, 0.6) is 0 Å². The van der Waals surface area contributed by atoms with Crippen molar-refractivity contribution in [1.82, 2.24) is 4.98 Å². The zero-order valence-electron chi connectivity index (χ0n) is 31.8. The SMILES string of the molecule is Cc1cc2c3c(c1)N(c1ccc(C(C)(C)C)cc1)c1oc(C(C)(C)C)nc1B3c1cc(C(C)(C)C)ccc1N2c1ccc(C(C)(C)C)cc1. The monoisotopic (exact) mass is 649 g/mol. The third-order valence-corrected chi connectivity index (χ3v) is 10.2. The lowest BCUT2D eigenvalue weighted by molar-refractivity contribution is 0.397. The van der Waals surface area contributed by atoms with Gasteiger partial charge >= 0.3 is 0 Å². The number of rotatable bonds is 2. The normalized spacial score (nSPS) is 14.5. The third kappa shape index (κ3) is 5.60. The first-order valence-electron chi connectivity index (χ1n) is 17.8. The molecule has 0 aliphatic carbocycles. The Hall–Kier alpha value is -4.25. The first-order chi connectivity index (χ1) is 22.7. The molecule has 0 saturated heterocycles. The minimum atomic E-state index is -0.254. The van der Waals surface area contributed by atoms with E-state index in [-0.39, 0.29) is 28.4 Å². The van der Waals surface area contributed by atoms with Crippen LogP contribution in [0.4, 0.5) is 34.3 Å². The van der Waals surface area contributed by atoms with Crippen molar-refractivity contribution >= 4 is 57.6 Å². The molecule has 2 aliphatic rings. The average Bonchev–Trinajstić information content (AvgIpc) is 3.45. The quantitative estimate of drug-likeness (QED) is 0.175. The molecule has 0 saturated carbocycles. The van der Waals surface area contributed by atoms with E-state index >= 15 is 0 Å². The molecular weight excluding hydrogens is 597 g/mol. The van der Waals surface area contributed by atoms with Crippen molar-refractivity contribution < 1.29 is 4.42 Å². The summed E-state index contributed by atoms with van der Waals surface area (Å²) in [5.41, 5.74) is 14.3. The minimum absolute atomic E-state index is 0.0106. The molecule has 0 fully saturated rings. The van der Waals surface area contributed by atoms with Crippen molar-refractivity contribution in [3.8, 4) is 0 Å². The number of hydrogen-bond acceptors (Lipinski definition) is 4. The van der Waals surface area contributed by atoms with Gasteiger partial charge in [0.1, 0.15) is 0 Å². The van der Waals surface area contributed by atoms with E-state index in [9.17, 15) is 0 Å². The van der Waals surface area contributed by atoms with Gasteiger partial charge in [0, 0.05) is 33.9 Å². The van der Waals surface area contributed by atoms with E-state index in [1.807, 2.05) is 0 Å². The number of aromatic nitrogens is 1. The molecule has 5 heteroatoms. The van der Waals surface area contributed by atoms with Crippen molar-refractivity contribution in [3.05, 3.63) is 107 Å². The van der Waals surface area contributed by atoms with Gasteiger partial charge in [-0.25, -0.2) is 4.98 Å². The molecule has 0 bridgehead atoms. The summed E-state index contributed by atoms with van der Waals surface area (Å²) in [6, 6.07) is 30.0. The largest absolute Gasteiger partial charge is 0.424 e. The fraction of sp³-hybridized carbons (Fsp3) is 0.386. The number of oxazole rings is 1. The Morgan fingerprint density at radius 2 is 1.00 bits per heavy atom. The van der Waals surface area contributed by atoms with E-state index in [0.29, 0.717) is 0 Å². The molecule has 4 nitrogen and oxygen atoms in total. The number of fused-ring (bicyclic) bond motifs is 4. The van der Waals surface area contributed by atoms with Gasteiger partial charge in [-0.3, -0.25) is 4.90 Å². The molecule has 0 atom stereocenters. The molecule has 0 spiro atoms. The molecule has 49 heavy (non-hydrogen) atoms. The molecule has 252 valence electrons. The maximum atomic E-state index is 6.90. The molecule has 7 rings (SSSR count). The topological polar surface area (TPSA) is 32.5 Å². The van der Waals surface area contributed by atoms with Crippen LogP contribution in [0.15, 0.2) is 83.3 Å². The summed E-state index contributed by atoms with van der Waals surface area (Å²) in [5.74, 6) is 1.58. The Balaban J connectivity index is 1.55. The van der Waals surface area contributed by atoms with Crippen LogP contribution in [0.25, 0.3) is 0 Å². The van der Waals surface area contributed by atoms with Gasteiger partial charge in [-0.1, -0.05) is 119 Å². The molecular formula is C44H52BN3O. The first kappa shape index (κ1) is 33.3. The van der Waals surface area contributed by atoms with Crippen molar-refractivity contribution in [2.45, 2.75) is 112 Å². The Morgan fingerprint density at radius 1 is 0.531 bits per heavy atom. The van der Waals surface area contributed by atoms with E-state index in [4.69, 9.17) is 9.40 Å². The summed E-state index contributed by atoms with van der Waals surface area (Å²) in [7, 11) is 0. The Labute approximate surface area is 294 Å². The summed E-state index contributed by atoms with van der Waals surface area (Å²) in [4.78, 5) is 10.2. The lowest BCUT2D eigenvalue weighted by Crippen LogP contribution is -2.62. The highest BCUT2D eigenvalue weighted by atomic mass is 16.4. The predicted octanol–water partition coefficient (Wildman–Crippen LogP) is 10.3. The molecule has 0 unspecified atom stereocenters. The van der Waals surface area contributed by atoms with E-state index in [1.54, 1.807) is 0 Å². The van der Waals surface area contributed by atoms with Gasteiger partial charge in [-0.2, -0.15) is 0 Å². The molecule has 3 heterocycles. The highest BCUT2D eigenvalue weighted by molar-refractivity contribution is 6.99. The van der Waals surface area contributed by atoms with Crippen molar-refractivity contribution in [1.29, 1.82) is 0 Å². The highest BCUT2D eigenvalue weighted by Crippen LogP contribution is 2.46. The van der Waals surface area contributed by atoms with Crippen LogP contribution in [0.2, 0.25) is 0 Å². The molecule has 4 aromatic carbocycles. The molecule has 2 aliphatic heterocycles. The van der Waals surface area contributed by atoms with Crippen molar-refractivity contribution in [2.24, 2.45) is 0 Å². The van der Waals surface area contributed by atoms with Crippen LogP contribution in [0.1, 0.15) is 111 Å². The van der Waals surface area contributed by atoms with Crippen LogP contribution in [0.3, 0.4) is 0 Å². The second-order valence-corrected chi connectivity index (χ2v) is 18.4. The third-order valence-electron chi connectivity index (χ3n) is 10.2. The van der Waals surface area contributed by atoms with Gasteiger partial charge in [-0.15, -0.1) is 0 Å². The summed E-state index contributed by atoms with van der Waals surface area (Å²) >= 11 is 0. The molecule has 5 aromatic rings. The second kappa shape index (κ2) is 10.9. The lowest BCUT2D eigenvalue weighted by Gasteiger charge is -2.42. The summed E-state index contributed by atoms with van der Waals surface area (Å²) in [6.07, 6.45) is 0. The highest BCUT2D eigenvalue weighted by Gasteiger charge is 2.47. The molecule has 0 N–H and O–H groups in total. The van der Waals surface area contributed by atoms with E-state index in [2.05, 4.69) is 179 Å². The summed E-state index contributed by atoms with van der Waals surface area (Å²) in [6.45, 7) is 29.2. The van der Waals surface area contributed by atoms with Gasteiger partial charge in [0.05, 0.1) is 5.59 Å². The predicted molar refractivity (Wildman–Crippen MR) is 210 cm³/mol. The molecule has 1 aromatic heterocycles. The van der Waals surface area contributed by atoms with Crippen LogP contribution in [-0.4, -0.2) is 11.7 Å². The van der Waals surface area contributed by atoms with Crippen LogP contribution >= 0.6 is 0 Å². The van der Waals surface area contributed by atoms with Gasteiger partial charge in [0.15, 0.2) is 0 Å². The van der Waals surface area contributed by atoms with Gasteiger partial charge in [0.2, 0.25) is 11.8 Å². The van der Waals surface area contributed by atoms with Crippen LogP contribution < -0.4 is 26.3 Å². The van der Waals surface area contributed by atoms with E-state index < -0.39 is 0 Å². The molecule has 0 radical (unpaired) electrons. The van der Waals surface area contributed by atoms with Crippen molar-refractivity contribution in [2.75, 3.05) is 9.80 Å². The smallest absolute Gasteiger partial charge is 0.279 e. The molecule has 0 amide bonds. The Kier molecular flexibility index (Phi) is 7.38. The number of aryl methyl sites for hydroxylation is 1. The zero-order chi connectivity index (χ0) is 35.4.